The molecular formula is C21H34O. The zero-order valence-corrected chi connectivity index (χ0v) is 14.4. The lowest BCUT2D eigenvalue weighted by Gasteiger charge is -2.05. The molecule has 0 saturated heterocycles. The Bertz CT molecular complexity index is 408. The van der Waals surface area contributed by atoms with E-state index < -0.39 is 0 Å². The minimum Gasteiger partial charge on any atom is -0.513 e. The molecule has 0 aliphatic carbocycles. The zero-order valence-electron chi connectivity index (χ0n) is 14.4. The van der Waals surface area contributed by atoms with Crippen molar-refractivity contribution in [1.29, 1.82) is 0 Å². The number of benzene rings is 1. The summed E-state index contributed by atoms with van der Waals surface area (Å²) in [5.41, 5.74) is 2.55. The van der Waals surface area contributed by atoms with E-state index in [9.17, 15) is 5.11 Å². The van der Waals surface area contributed by atoms with Crippen LogP contribution in [0.3, 0.4) is 0 Å². The number of aliphatic hydroxyl groups excluding tert-OH is 1. The Hall–Kier alpha value is -1.24. The van der Waals surface area contributed by atoms with Crippen molar-refractivity contribution < 1.29 is 5.11 Å². The second kappa shape index (κ2) is 12.3. The molecule has 1 aromatic rings. The molecule has 1 nitrogen and oxygen atoms in total. The smallest absolute Gasteiger partial charge is 0.0894 e. The lowest BCUT2D eigenvalue weighted by atomic mass is 10.0. The molecule has 0 amide bonds. The van der Waals surface area contributed by atoms with Crippen LogP contribution in [0.25, 0.3) is 0 Å². The van der Waals surface area contributed by atoms with Crippen molar-refractivity contribution >= 4 is 0 Å². The Morgan fingerprint density at radius 2 is 1.41 bits per heavy atom. The lowest BCUT2D eigenvalue weighted by molar-refractivity contribution is 0.401. The molecule has 0 fully saturated rings. The number of hydrogen-bond acceptors (Lipinski definition) is 1. The molecule has 0 aromatic heterocycles. The van der Waals surface area contributed by atoms with E-state index in [0.717, 1.165) is 12.0 Å². The van der Waals surface area contributed by atoms with Gasteiger partial charge in [0.1, 0.15) is 0 Å². The highest BCUT2D eigenvalue weighted by atomic mass is 16.3. The highest BCUT2D eigenvalue weighted by Gasteiger charge is 1.99. The van der Waals surface area contributed by atoms with Gasteiger partial charge in [-0.2, -0.15) is 0 Å². The molecule has 0 atom stereocenters. The van der Waals surface area contributed by atoms with Gasteiger partial charge in [-0.05, 0) is 24.0 Å². The maximum absolute atomic E-state index is 9.27. The van der Waals surface area contributed by atoms with Crippen LogP contribution in [-0.4, -0.2) is 5.11 Å². The van der Waals surface area contributed by atoms with Crippen molar-refractivity contribution in [2.75, 3.05) is 0 Å². The molecule has 0 heterocycles. The number of unbranched alkanes of at least 4 members (excludes halogenated alkanes) is 9. The van der Waals surface area contributed by atoms with Gasteiger partial charge in [-0.3, -0.25) is 0 Å². The standard InChI is InChI=1S/C21H34O/c1-3-4-5-6-7-8-9-10-11-12-14-20-15-13-16-21(18-20)17-19(2)22/h13,15-16,18,22H,2-12,14,17H2,1H3. The van der Waals surface area contributed by atoms with E-state index in [-0.39, 0.29) is 5.76 Å². The summed E-state index contributed by atoms with van der Waals surface area (Å²) < 4.78 is 0. The summed E-state index contributed by atoms with van der Waals surface area (Å²) >= 11 is 0. The van der Waals surface area contributed by atoms with Crippen LogP contribution < -0.4 is 0 Å². The van der Waals surface area contributed by atoms with Crippen LogP contribution in [-0.2, 0) is 12.8 Å². The maximum Gasteiger partial charge on any atom is 0.0894 e. The van der Waals surface area contributed by atoms with E-state index in [1.807, 2.05) is 0 Å². The Labute approximate surface area is 137 Å². The summed E-state index contributed by atoms with van der Waals surface area (Å²) in [6.45, 7) is 5.84. The minimum absolute atomic E-state index is 0.246. The summed E-state index contributed by atoms with van der Waals surface area (Å²) in [4.78, 5) is 0. The minimum atomic E-state index is 0.246. The van der Waals surface area contributed by atoms with Gasteiger partial charge in [0, 0.05) is 6.42 Å². The number of aryl methyl sites for hydroxylation is 1. The molecule has 124 valence electrons. The van der Waals surface area contributed by atoms with Crippen molar-refractivity contribution in [2.24, 2.45) is 0 Å². The Kier molecular flexibility index (Phi) is 10.5. The molecule has 1 heteroatoms. The fourth-order valence-corrected chi connectivity index (χ4v) is 2.95. The predicted molar refractivity (Wildman–Crippen MR) is 97.5 cm³/mol. The van der Waals surface area contributed by atoms with Gasteiger partial charge in [-0.1, -0.05) is 95.6 Å². The first-order chi connectivity index (χ1) is 10.7. The maximum atomic E-state index is 9.27. The lowest BCUT2D eigenvalue weighted by Crippen LogP contribution is -1.91. The van der Waals surface area contributed by atoms with Crippen LogP contribution in [0.15, 0.2) is 36.6 Å². The van der Waals surface area contributed by atoms with Gasteiger partial charge in [0.25, 0.3) is 0 Å². The van der Waals surface area contributed by atoms with Crippen LogP contribution >= 0.6 is 0 Å². The highest BCUT2D eigenvalue weighted by molar-refractivity contribution is 5.25. The number of allylic oxidation sites excluding steroid dienone is 1. The molecule has 0 saturated carbocycles. The third kappa shape index (κ3) is 9.65. The Morgan fingerprint density at radius 1 is 0.864 bits per heavy atom. The second-order valence-corrected chi connectivity index (χ2v) is 6.49. The van der Waals surface area contributed by atoms with Crippen LogP contribution in [0.5, 0.6) is 0 Å². The molecule has 1 rings (SSSR count). The van der Waals surface area contributed by atoms with E-state index in [0.29, 0.717) is 6.42 Å². The number of hydrogen-bond donors (Lipinski definition) is 1. The first-order valence-electron chi connectivity index (χ1n) is 9.17. The molecule has 0 aliphatic rings. The molecule has 1 aromatic carbocycles. The predicted octanol–water partition coefficient (Wildman–Crippen LogP) is 6.76. The third-order valence-corrected chi connectivity index (χ3v) is 4.22. The molecule has 22 heavy (non-hydrogen) atoms. The molecular weight excluding hydrogens is 268 g/mol. The first kappa shape index (κ1) is 18.8. The van der Waals surface area contributed by atoms with Crippen LogP contribution in [0.4, 0.5) is 0 Å². The van der Waals surface area contributed by atoms with E-state index in [1.54, 1.807) is 0 Å². The number of aliphatic hydroxyl groups is 1. The Balaban J connectivity index is 2.03. The Morgan fingerprint density at radius 3 is 2.00 bits per heavy atom. The van der Waals surface area contributed by atoms with Crippen LogP contribution in [0, 0.1) is 0 Å². The van der Waals surface area contributed by atoms with Gasteiger partial charge in [-0.25, -0.2) is 0 Å². The van der Waals surface area contributed by atoms with Crippen LogP contribution in [0.1, 0.15) is 82.3 Å². The van der Waals surface area contributed by atoms with Gasteiger partial charge in [0.05, 0.1) is 5.76 Å². The highest BCUT2D eigenvalue weighted by Crippen LogP contribution is 2.14. The fourth-order valence-electron chi connectivity index (χ4n) is 2.95. The van der Waals surface area contributed by atoms with E-state index in [2.05, 4.69) is 37.8 Å². The van der Waals surface area contributed by atoms with Crippen molar-refractivity contribution in [2.45, 2.75) is 84.0 Å². The van der Waals surface area contributed by atoms with Crippen molar-refractivity contribution in [3.63, 3.8) is 0 Å². The summed E-state index contributed by atoms with van der Waals surface area (Å²) in [5, 5.41) is 9.27. The molecule has 0 radical (unpaired) electrons. The van der Waals surface area contributed by atoms with Gasteiger partial charge in [0.15, 0.2) is 0 Å². The summed E-state index contributed by atoms with van der Waals surface area (Å²) in [5.74, 6) is 0.246. The molecule has 0 aliphatic heterocycles. The fraction of sp³-hybridized carbons (Fsp3) is 0.619. The molecule has 0 spiro atoms. The summed E-state index contributed by atoms with van der Waals surface area (Å²) in [6.07, 6.45) is 15.6. The van der Waals surface area contributed by atoms with Gasteiger partial charge in [-0.15, -0.1) is 0 Å². The van der Waals surface area contributed by atoms with Crippen molar-refractivity contribution in [3.05, 3.63) is 47.7 Å². The summed E-state index contributed by atoms with van der Waals surface area (Å²) in [7, 11) is 0. The van der Waals surface area contributed by atoms with Crippen LogP contribution in [0.2, 0.25) is 0 Å². The number of rotatable bonds is 13. The summed E-state index contributed by atoms with van der Waals surface area (Å²) in [6, 6.07) is 8.54. The van der Waals surface area contributed by atoms with Gasteiger partial charge in [0.2, 0.25) is 0 Å². The normalized spacial score (nSPS) is 10.8. The SMILES string of the molecule is C=C(O)Cc1cccc(CCCCCCCCCCCC)c1. The quantitative estimate of drug-likeness (QED) is 0.315. The first-order valence-corrected chi connectivity index (χ1v) is 9.17. The second-order valence-electron chi connectivity index (χ2n) is 6.49. The molecule has 0 unspecified atom stereocenters. The van der Waals surface area contributed by atoms with E-state index >= 15 is 0 Å². The molecule has 1 N–H and O–H groups in total. The van der Waals surface area contributed by atoms with Crippen molar-refractivity contribution in [3.8, 4) is 0 Å². The average Bonchev–Trinajstić information content (AvgIpc) is 2.49. The van der Waals surface area contributed by atoms with Crippen molar-refractivity contribution in [1.82, 2.24) is 0 Å². The third-order valence-electron chi connectivity index (χ3n) is 4.22. The molecule has 0 bridgehead atoms. The average molecular weight is 303 g/mol. The van der Waals surface area contributed by atoms with Gasteiger partial charge < -0.3 is 5.11 Å². The largest absolute Gasteiger partial charge is 0.513 e. The monoisotopic (exact) mass is 302 g/mol. The van der Waals surface area contributed by atoms with E-state index in [1.165, 1.54) is 69.8 Å². The topological polar surface area (TPSA) is 20.2 Å². The van der Waals surface area contributed by atoms with E-state index in [4.69, 9.17) is 0 Å². The van der Waals surface area contributed by atoms with Gasteiger partial charge >= 0.3 is 0 Å². The zero-order chi connectivity index (χ0) is 16.0.